The average molecular weight is 372 g/mol. The summed E-state index contributed by atoms with van der Waals surface area (Å²) < 4.78 is 2.55. The molecule has 1 saturated heterocycles. The molecule has 1 aromatic heterocycles. The first-order chi connectivity index (χ1) is 12.7. The molecule has 5 nitrogen and oxygen atoms in total. The van der Waals surface area contributed by atoms with E-state index in [0.29, 0.717) is 4.75 Å². The first kappa shape index (κ1) is 18.8. The first-order valence-electron chi connectivity index (χ1n) is 9.31. The quantitative estimate of drug-likeness (QED) is 0.580. The van der Waals surface area contributed by atoms with Crippen LogP contribution in [0.2, 0.25) is 0 Å². The smallest absolute Gasteiger partial charge is 0.191 e. The molecule has 0 aliphatic carbocycles. The minimum absolute atomic E-state index is 0.337. The standard InChI is InChI=1S/C20H29N5S/c1-20(10-6-14-26-20)16-24-19(21-2)23-11-9-18-22-12-13-25(18)15-17-7-4-3-5-8-17/h3-5,7-8,12-13H,6,9-11,14-16H2,1-2H3,(H2,21,23,24). The zero-order chi connectivity index (χ0) is 18.2. The van der Waals surface area contributed by atoms with Crippen molar-refractivity contribution in [3.05, 3.63) is 54.1 Å². The minimum Gasteiger partial charge on any atom is -0.356 e. The Hall–Kier alpha value is -1.95. The van der Waals surface area contributed by atoms with Crippen molar-refractivity contribution in [3.8, 4) is 0 Å². The molecule has 0 saturated carbocycles. The Morgan fingerprint density at radius 2 is 2.15 bits per heavy atom. The Morgan fingerprint density at radius 1 is 1.31 bits per heavy atom. The number of rotatable bonds is 7. The Kier molecular flexibility index (Phi) is 6.61. The van der Waals surface area contributed by atoms with Crippen LogP contribution in [0.5, 0.6) is 0 Å². The monoisotopic (exact) mass is 371 g/mol. The van der Waals surface area contributed by atoms with Crippen molar-refractivity contribution in [2.75, 3.05) is 25.9 Å². The van der Waals surface area contributed by atoms with Crippen LogP contribution >= 0.6 is 11.8 Å². The maximum absolute atomic E-state index is 4.51. The van der Waals surface area contributed by atoms with Gasteiger partial charge in [0.05, 0.1) is 0 Å². The van der Waals surface area contributed by atoms with Gasteiger partial charge in [-0.2, -0.15) is 11.8 Å². The van der Waals surface area contributed by atoms with Gasteiger partial charge in [-0.1, -0.05) is 30.3 Å². The number of aliphatic imine (C=N–C) groups is 1. The van der Waals surface area contributed by atoms with Crippen LogP contribution in [0.3, 0.4) is 0 Å². The molecule has 3 rings (SSSR count). The third-order valence-electron chi connectivity index (χ3n) is 4.79. The Balaban J connectivity index is 1.46. The van der Waals surface area contributed by atoms with Gasteiger partial charge in [-0.15, -0.1) is 0 Å². The lowest BCUT2D eigenvalue weighted by Gasteiger charge is -2.24. The van der Waals surface area contributed by atoms with Gasteiger partial charge < -0.3 is 15.2 Å². The van der Waals surface area contributed by atoms with Crippen LogP contribution in [0.4, 0.5) is 0 Å². The SMILES string of the molecule is CN=C(NCCc1nccn1Cc1ccccc1)NCC1(C)CCCS1. The third kappa shape index (κ3) is 5.27. The summed E-state index contributed by atoms with van der Waals surface area (Å²) in [6.07, 6.45) is 7.39. The van der Waals surface area contributed by atoms with E-state index in [9.17, 15) is 0 Å². The fourth-order valence-corrected chi connectivity index (χ4v) is 4.50. The largest absolute Gasteiger partial charge is 0.356 e. The molecular weight excluding hydrogens is 342 g/mol. The molecule has 6 heteroatoms. The molecule has 1 aliphatic rings. The molecule has 2 aromatic rings. The summed E-state index contributed by atoms with van der Waals surface area (Å²) in [6.45, 7) is 4.97. The Bertz CT molecular complexity index is 704. The van der Waals surface area contributed by atoms with E-state index >= 15 is 0 Å². The van der Waals surface area contributed by atoms with E-state index in [1.807, 2.05) is 25.5 Å². The minimum atomic E-state index is 0.337. The number of imidazole rings is 1. The summed E-state index contributed by atoms with van der Waals surface area (Å²) >= 11 is 2.06. The molecule has 0 bridgehead atoms. The zero-order valence-electron chi connectivity index (χ0n) is 15.7. The molecule has 1 unspecified atom stereocenters. The molecule has 26 heavy (non-hydrogen) atoms. The lowest BCUT2D eigenvalue weighted by Crippen LogP contribution is -2.44. The Morgan fingerprint density at radius 3 is 2.88 bits per heavy atom. The molecular formula is C20H29N5S. The molecule has 1 aliphatic heterocycles. The van der Waals surface area contributed by atoms with Gasteiger partial charge in [0.25, 0.3) is 0 Å². The number of nitrogens with zero attached hydrogens (tertiary/aromatic N) is 3. The number of benzene rings is 1. The number of hydrogen-bond acceptors (Lipinski definition) is 3. The zero-order valence-corrected chi connectivity index (χ0v) is 16.6. The van der Waals surface area contributed by atoms with Crippen LogP contribution in [0.15, 0.2) is 47.7 Å². The highest BCUT2D eigenvalue weighted by atomic mass is 32.2. The van der Waals surface area contributed by atoms with Crippen molar-refractivity contribution in [2.45, 2.75) is 37.5 Å². The van der Waals surface area contributed by atoms with Gasteiger partial charge in [0, 0.05) is 50.2 Å². The maximum atomic E-state index is 4.51. The number of aromatic nitrogens is 2. The summed E-state index contributed by atoms with van der Waals surface area (Å²) in [5.41, 5.74) is 1.29. The first-order valence-corrected chi connectivity index (χ1v) is 10.3. The molecule has 1 fully saturated rings. The van der Waals surface area contributed by atoms with Gasteiger partial charge in [-0.3, -0.25) is 4.99 Å². The van der Waals surface area contributed by atoms with Gasteiger partial charge in [0.2, 0.25) is 0 Å². The highest BCUT2D eigenvalue weighted by Gasteiger charge is 2.29. The van der Waals surface area contributed by atoms with Crippen molar-refractivity contribution < 1.29 is 0 Å². The predicted molar refractivity (Wildman–Crippen MR) is 111 cm³/mol. The van der Waals surface area contributed by atoms with Gasteiger partial charge in [-0.05, 0) is 31.1 Å². The lowest BCUT2D eigenvalue weighted by atomic mass is 10.1. The second-order valence-corrected chi connectivity index (χ2v) is 8.64. The summed E-state index contributed by atoms with van der Waals surface area (Å²) in [5.74, 6) is 3.24. The topological polar surface area (TPSA) is 54.2 Å². The fraction of sp³-hybridized carbons (Fsp3) is 0.500. The van der Waals surface area contributed by atoms with Crippen LogP contribution < -0.4 is 10.6 Å². The third-order valence-corrected chi connectivity index (χ3v) is 6.33. The van der Waals surface area contributed by atoms with E-state index < -0.39 is 0 Å². The van der Waals surface area contributed by atoms with Crippen LogP contribution in [0.1, 0.15) is 31.2 Å². The Labute approximate surface area is 160 Å². The fourth-order valence-electron chi connectivity index (χ4n) is 3.25. The van der Waals surface area contributed by atoms with Crippen LogP contribution in [0.25, 0.3) is 0 Å². The van der Waals surface area contributed by atoms with Crippen molar-refractivity contribution in [2.24, 2.45) is 4.99 Å². The van der Waals surface area contributed by atoms with Gasteiger partial charge in [0.1, 0.15) is 5.82 Å². The summed E-state index contributed by atoms with van der Waals surface area (Å²) in [5, 5.41) is 6.89. The second-order valence-electron chi connectivity index (χ2n) is 6.96. The van der Waals surface area contributed by atoms with E-state index in [1.165, 1.54) is 24.2 Å². The molecule has 1 atom stereocenters. The van der Waals surface area contributed by atoms with Crippen molar-refractivity contribution in [1.82, 2.24) is 20.2 Å². The van der Waals surface area contributed by atoms with E-state index in [1.54, 1.807) is 0 Å². The van der Waals surface area contributed by atoms with Crippen LogP contribution in [0, 0.1) is 0 Å². The number of nitrogens with one attached hydrogen (secondary N) is 2. The van der Waals surface area contributed by atoms with Crippen molar-refractivity contribution in [3.63, 3.8) is 0 Å². The summed E-state index contributed by atoms with van der Waals surface area (Å²) in [7, 11) is 1.83. The second kappa shape index (κ2) is 9.12. The average Bonchev–Trinajstić information content (AvgIpc) is 3.28. The molecule has 140 valence electrons. The van der Waals surface area contributed by atoms with E-state index in [4.69, 9.17) is 0 Å². The van der Waals surface area contributed by atoms with E-state index in [2.05, 4.69) is 68.1 Å². The number of guanidine groups is 1. The summed E-state index contributed by atoms with van der Waals surface area (Å²) in [4.78, 5) is 8.86. The predicted octanol–water partition coefficient (Wildman–Crippen LogP) is 2.92. The molecule has 0 radical (unpaired) electrons. The number of thioether (sulfide) groups is 1. The molecule has 0 amide bonds. The van der Waals surface area contributed by atoms with Crippen LogP contribution in [-0.4, -0.2) is 46.1 Å². The van der Waals surface area contributed by atoms with Crippen molar-refractivity contribution >= 4 is 17.7 Å². The summed E-state index contributed by atoms with van der Waals surface area (Å²) in [6, 6.07) is 10.5. The van der Waals surface area contributed by atoms with Crippen molar-refractivity contribution in [1.29, 1.82) is 0 Å². The van der Waals surface area contributed by atoms with Crippen LogP contribution in [-0.2, 0) is 13.0 Å². The van der Waals surface area contributed by atoms with Gasteiger partial charge >= 0.3 is 0 Å². The highest BCUT2D eigenvalue weighted by molar-refractivity contribution is 8.00. The molecule has 2 heterocycles. The van der Waals surface area contributed by atoms with E-state index in [-0.39, 0.29) is 0 Å². The van der Waals surface area contributed by atoms with Gasteiger partial charge in [0.15, 0.2) is 5.96 Å². The lowest BCUT2D eigenvalue weighted by molar-refractivity contribution is 0.584. The molecule has 1 aromatic carbocycles. The maximum Gasteiger partial charge on any atom is 0.191 e. The highest BCUT2D eigenvalue weighted by Crippen LogP contribution is 2.36. The van der Waals surface area contributed by atoms with E-state index in [0.717, 1.165) is 37.8 Å². The normalized spacial score (nSPS) is 20.3. The molecule has 2 N–H and O–H groups in total. The van der Waals surface area contributed by atoms with Gasteiger partial charge in [-0.25, -0.2) is 4.98 Å². The number of hydrogen-bond donors (Lipinski definition) is 2. The molecule has 0 spiro atoms.